The first-order valence-electron chi connectivity index (χ1n) is 13.2. The first-order valence-corrected chi connectivity index (χ1v) is 14.9. The minimum absolute atomic E-state index is 0.00401. The van der Waals surface area contributed by atoms with Crippen LogP contribution in [-0.2, 0) is 0 Å². The molecule has 4 heterocycles. The van der Waals surface area contributed by atoms with Crippen molar-refractivity contribution in [1.82, 2.24) is 15.2 Å². The van der Waals surface area contributed by atoms with Crippen LogP contribution in [-0.4, -0.2) is 64.7 Å². The second-order valence-corrected chi connectivity index (χ2v) is 12.2. The van der Waals surface area contributed by atoms with E-state index in [4.69, 9.17) is 0 Å². The summed E-state index contributed by atoms with van der Waals surface area (Å²) in [4.78, 5) is 32.1. The Balaban J connectivity index is 1.19. The normalized spacial score (nSPS) is 17.2. The zero-order chi connectivity index (χ0) is 26.8. The van der Waals surface area contributed by atoms with Gasteiger partial charge in [0, 0.05) is 24.5 Å². The lowest BCUT2D eigenvalue weighted by molar-refractivity contribution is 0.0649. The summed E-state index contributed by atoms with van der Waals surface area (Å²) in [5.74, 6) is -0.216. The van der Waals surface area contributed by atoms with Crippen LogP contribution in [0.25, 0.3) is 10.4 Å². The highest BCUT2D eigenvalue weighted by Crippen LogP contribution is 2.39. The number of aryl methyl sites for hydroxylation is 2. The number of amides is 2. The predicted molar refractivity (Wildman–Crippen MR) is 155 cm³/mol. The lowest BCUT2D eigenvalue weighted by Gasteiger charge is -2.36. The number of nitrogens with one attached hydrogen (secondary N) is 1. The van der Waals surface area contributed by atoms with Gasteiger partial charge in [0.05, 0.1) is 25.9 Å². The van der Waals surface area contributed by atoms with Gasteiger partial charge < -0.3 is 14.9 Å². The van der Waals surface area contributed by atoms with E-state index in [0.29, 0.717) is 27.1 Å². The fourth-order valence-corrected chi connectivity index (χ4v) is 7.08. The smallest absolute Gasteiger partial charge is 0.281 e. The topological polar surface area (TPSA) is 85.2 Å². The number of hydrogen-bond donors (Lipinski definition) is 2. The van der Waals surface area contributed by atoms with E-state index in [0.717, 1.165) is 41.9 Å². The van der Waals surface area contributed by atoms with E-state index in [1.807, 2.05) is 29.3 Å². The highest BCUT2D eigenvalue weighted by molar-refractivity contribution is 7.16. The van der Waals surface area contributed by atoms with Gasteiger partial charge in [-0.15, -0.1) is 22.7 Å². The van der Waals surface area contributed by atoms with Crippen molar-refractivity contribution in [2.24, 2.45) is 5.10 Å². The number of likely N-dealkylation sites (tertiary alicyclic amines) is 2. The molecule has 2 N–H and O–H groups in total. The zero-order valence-electron chi connectivity index (χ0n) is 22.1. The van der Waals surface area contributed by atoms with E-state index >= 15 is 0 Å². The molecule has 0 bridgehead atoms. The number of benzene rings is 1. The summed E-state index contributed by atoms with van der Waals surface area (Å²) in [5.41, 5.74) is 6.99. The number of carbonyl (C=O) groups is 2. The second-order valence-electron chi connectivity index (χ2n) is 10.2. The molecule has 7 nitrogen and oxygen atoms in total. The second kappa shape index (κ2) is 11.4. The van der Waals surface area contributed by atoms with Crippen LogP contribution in [0.4, 0.5) is 0 Å². The van der Waals surface area contributed by atoms with Gasteiger partial charge in [0.2, 0.25) is 0 Å². The molecule has 2 aliphatic heterocycles. The van der Waals surface area contributed by atoms with Gasteiger partial charge in [-0.3, -0.25) is 9.59 Å². The van der Waals surface area contributed by atoms with Gasteiger partial charge in [-0.05, 0) is 88.4 Å². The SMILES string of the molecule is CC(=NNC(=O)c1ccc(C(=O)N2CCC(N3CCCC3)CC2)s1)c1csc(-c2ccc(C)c(C)c2)c1O. The Labute approximate surface area is 231 Å². The van der Waals surface area contributed by atoms with E-state index in [1.165, 1.54) is 54.2 Å². The summed E-state index contributed by atoms with van der Waals surface area (Å²) >= 11 is 2.64. The van der Waals surface area contributed by atoms with Gasteiger partial charge in [-0.2, -0.15) is 5.10 Å². The lowest BCUT2D eigenvalue weighted by Crippen LogP contribution is -2.45. The number of hydrazone groups is 1. The minimum Gasteiger partial charge on any atom is -0.506 e. The van der Waals surface area contributed by atoms with Crippen molar-refractivity contribution in [3.05, 3.63) is 62.2 Å². The van der Waals surface area contributed by atoms with Crippen LogP contribution in [0.1, 0.15) is 68.6 Å². The third-order valence-electron chi connectivity index (χ3n) is 7.70. The number of nitrogens with zero attached hydrogens (tertiary/aromatic N) is 3. The molecule has 2 fully saturated rings. The minimum atomic E-state index is -0.370. The number of hydrogen-bond acceptors (Lipinski definition) is 7. The predicted octanol–water partition coefficient (Wildman–Crippen LogP) is 5.65. The molecule has 0 radical (unpaired) electrons. The summed E-state index contributed by atoms with van der Waals surface area (Å²) in [6.07, 6.45) is 4.59. The van der Waals surface area contributed by atoms with Gasteiger partial charge in [-0.1, -0.05) is 18.2 Å². The number of carbonyl (C=O) groups excluding carboxylic acids is 2. The number of aromatic hydroxyl groups is 1. The Morgan fingerprint density at radius 1 is 1.00 bits per heavy atom. The van der Waals surface area contributed by atoms with Gasteiger partial charge in [0.25, 0.3) is 11.8 Å². The van der Waals surface area contributed by atoms with Crippen LogP contribution in [0.15, 0.2) is 40.8 Å². The third-order valence-corrected chi connectivity index (χ3v) is 9.79. The molecule has 2 amide bonds. The van der Waals surface area contributed by atoms with Gasteiger partial charge in [-0.25, -0.2) is 5.43 Å². The number of piperidine rings is 1. The van der Waals surface area contributed by atoms with E-state index in [1.54, 1.807) is 19.1 Å². The zero-order valence-corrected chi connectivity index (χ0v) is 23.8. The quantitative estimate of drug-likeness (QED) is 0.307. The molecule has 2 aliphatic rings. The fourth-order valence-electron chi connectivity index (χ4n) is 5.22. The fraction of sp³-hybridized carbons (Fsp3) is 0.414. The summed E-state index contributed by atoms with van der Waals surface area (Å²) in [5, 5.41) is 16.9. The molecule has 1 aromatic carbocycles. The van der Waals surface area contributed by atoms with Crippen molar-refractivity contribution < 1.29 is 14.7 Å². The van der Waals surface area contributed by atoms with E-state index < -0.39 is 0 Å². The van der Waals surface area contributed by atoms with Crippen molar-refractivity contribution in [3.8, 4) is 16.2 Å². The molecule has 9 heteroatoms. The third kappa shape index (κ3) is 5.55. The molecule has 38 heavy (non-hydrogen) atoms. The van der Waals surface area contributed by atoms with Gasteiger partial charge in [0.15, 0.2) is 0 Å². The standard InChI is InChI=1S/C29H34N4O3S2/c1-18-6-7-21(16-19(18)2)27-26(34)23(17-37-27)20(3)30-31-28(35)24-8-9-25(38-24)29(36)33-14-10-22(11-15-33)32-12-4-5-13-32/h6-9,16-17,22,34H,4-5,10-15H2,1-3H3,(H,31,35). The largest absolute Gasteiger partial charge is 0.506 e. The highest BCUT2D eigenvalue weighted by atomic mass is 32.1. The van der Waals surface area contributed by atoms with Crippen molar-refractivity contribution in [2.45, 2.75) is 52.5 Å². The maximum atomic E-state index is 13.0. The van der Waals surface area contributed by atoms with Crippen LogP contribution in [0.5, 0.6) is 5.75 Å². The molecule has 0 saturated carbocycles. The molecule has 0 atom stereocenters. The summed E-state index contributed by atoms with van der Waals surface area (Å²) in [6, 6.07) is 10.1. The molecule has 2 aromatic heterocycles. The molecule has 0 spiro atoms. The van der Waals surface area contributed by atoms with Crippen LogP contribution in [0, 0.1) is 13.8 Å². The molecule has 3 aromatic rings. The van der Waals surface area contributed by atoms with Crippen molar-refractivity contribution in [3.63, 3.8) is 0 Å². The molecule has 0 aliphatic carbocycles. The summed E-state index contributed by atoms with van der Waals surface area (Å²) in [7, 11) is 0. The maximum Gasteiger partial charge on any atom is 0.281 e. The maximum absolute atomic E-state index is 13.0. The molecule has 0 unspecified atom stereocenters. The Morgan fingerprint density at radius 3 is 2.42 bits per heavy atom. The summed E-state index contributed by atoms with van der Waals surface area (Å²) in [6.45, 7) is 9.75. The average Bonchev–Trinajstić information content (AvgIpc) is 3.70. The average molecular weight is 551 g/mol. The van der Waals surface area contributed by atoms with Crippen molar-refractivity contribution >= 4 is 40.2 Å². The van der Waals surface area contributed by atoms with E-state index in [-0.39, 0.29) is 17.6 Å². The Kier molecular flexibility index (Phi) is 7.97. The Bertz CT molecular complexity index is 1360. The molecule has 5 rings (SSSR count). The van der Waals surface area contributed by atoms with Crippen LogP contribution in [0.2, 0.25) is 0 Å². The number of rotatable bonds is 6. The van der Waals surface area contributed by atoms with Gasteiger partial charge >= 0.3 is 0 Å². The van der Waals surface area contributed by atoms with Crippen molar-refractivity contribution in [2.75, 3.05) is 26.2 Å². The molecular formula is C29H34N4O3S2. The first kappa shape index (κ1) is 26.6. The van der Waals surface area contributed by atoms with E-state index in [2.05, 4.69) is 28.4 Å². The summed E-state index contributed by atoms with van der Waals surface area (Å²) < 4.78 is 0. The molecule has 2 saturated heterocycles. The van der Waals surface area contributed by atoms with Crippen molar-refractivity contribution in [1.29, 1.82) is 0 Å². The van der Waals surface area contributed by atoms with E-state index in [9.17, 15) is 14.7 Å². The number of thiophene rings is 2. The Morgan fingerprint density at radius 2 is 1.71 bits per heavy atom. The van der Waals surface area contributed by atoms with Gasteiger partial charge in [0.1, 0.15) is 5.75 Å². The monoisotopic (exact) mass is 550 g/mol. The first-order chi connectivity index (χ1) is 18.3. The lowest BCUT2D eigenvalue weighted by atomic mass is 10.0. The van der Waals surface area contributed by atoms with Crippen LogP contribution >= 0.6 is 22.7 Å². The van der Waals surface area contributed by atoms with Crippen LogP contribution < -0.4 is 5.43 Å². The van der Waals surface area contributed by atoms with Crippen LogP contribution in [0.3, 0.4) is 0 Å². The molecular weight excluding hydrogens is 516 g/mol. The molecule has 200 valence electrons. The Hall–Kier alpha value is -3.01. The highest BCUT2D eigenvalue weighted by Gasteiger charge is 2.29.